The van der Waals surface area contributed by atoms with E-state index < -0.39 is 97.5 Å². The van der Waals surface area contributed by atoms with E-state index in [4.69, 9.17) is 37.0 Å². The van der Waals surface area contributed by atoms with Crippen molar-refractivity contribution in [2.75, 3.05) is 39.6 Å². The summed E-state index contributed by atoms with van der Waals surface area (Å²) in [4.78, 5) is 73.3. The number of hydrogen-bond acceptors (Lipinski definition) is 15. The van der Waals surface area contributed by atoms with Gasteiger partial charge in [-0.25, -0.2) is 9.13 Å². The van der Waals surface area contributed by atoms with Crippen molar-refractivity contribution in [3.63, 3.8) is 0 Å². The molecule has 0 fully saturated rings. The number of phosphoric ester groups is 2. The molecule has 0 amide bonds. The van der Waals surface area contributed by atoms with E-state index in [9.17, 15) is 43.2 Å². The van der Waals surface area contributed by atoms with E-state index in [0.29, 0.717) is 25.7 Å². The predicted octanol–water partition coefficient (Wildman–Crippen LogP) is 27.7. The molecule has 0 saturated heterocycles. The van der Waals surface area contributed by atoms with Gasteiger partial charge in [-0.1, -0.05) is 439 Å². The zero-order valence-corrected chi connectivity index (χ0v) is 72.6. The first kappa shape index (κ1) is 106. The molecule has 5 atom stereocenters. The quantitative estimate of drug-likeness (QED) is 0.0222. The lowest BCUT2D eigenvalue weighted by Crippen LogP contribution is -2.30. The highest BCUT2D eigenvalue weighted by Crippen LogP contribution is 2.45. The fraction of sp³-hybridized carbons (Fsp3) is 0.955. The number of ether oxygens (including phenoxy) is 4. The molecule has 0 aliphatic heterocycles. The van der Waals surface area contributed by atoms with Gasteiger partial charge in [0.15, 0.2) is 12.2 Å². The van der Waals surface area contributed by atoms with E-state index in [1.54, 1.807) is 0 Å². The Morgan fingerprint density at radius 2 is 0.370 bits per heavy atom. The highest BCUT2D eigenvalue weighted by molar-refractivity contribution is 7.47. The number of aliphatic hydroxyl groups excluding tert-OH is 1. The Balaban J connectivity index is 5.23. The summed E-state index contributed by atoms with van der Waals surface area (Å²) < 4.78 is 69.0. The summed E-state index contributed by atoms with van der Waals surface area (Å²) in [5, 5.41) is 10.7. The molecule has 0 rings (SSSR count). The molecule has 0 saturated carbocycles. The van der Waals surface area contributed by atoms with Gasteiger partial charge in [0, 0.05) is 25.7 Å². The van der Waals surface area contributed by atoms with Crippen molar-refractivity contribution in [1.29, 1.82) is 0 Å². The SMILES string of the molecule is CCCCCCCCCCCCCCCCCCCCCCCC(=O)O[C@H](COC(=O)CCCCCCCCCCCCCCCCCCCC)COP(=O)(O)OC[C@@H](O)COP(=O)(O)OC[C@@H](COC(=O)CCCCCCCCCCCCC)OC(=O)CCCCCCCCCCCCCCCCCCCC. The molecule has 0 heterocycles. The molecule has 0 radical (unpaired) electrons. The Morgan fingerprint density at radius 3 is 0.546 bits per heavy atom. The van der Waals surface area contributed by atoms with E-state index in [1.807, 2.05) is 0 Å². The van der Waals surface area contributed by atoms with Crippen LogP contribution in [0.5, 0.6) is 0 Å². The second-order valence-corrected chi connectivity index (χ2v) is 34.9. The molecule has 0 spiro atoms. The van der Waals surface area contributed by atoms with Gasteiger partial charge in [-0.2, -0.15) is 0 Å². The highest BCUT2D eigenvalue weighted by atomic mass is 31.2. The van der Waals surface area contributed by atoms with Crippen LogP contribution >= 0.6 is 15.6 Å². The van der Waals surface area contributed by atoms with Gasteiger partial charge in [-0.15, -0.1) is 0 Å². The molecule has 108 heavy (non-hydrogen) atoms. The maximum atomic E-state index is 13.2. The number of carbonyl (C=O) groups excluding carboxylic acids is 4. The van der Waals surface area contributed by atoms with Gasteiger partial charge >= 0.3 is 39.5 Å². The van der Waals surface area contributed by atoms with Crippen molar-refractivity contribution in [3.8, 4) is 0 Å². The summed E-state index contributed by atoms with van der Waals surface area (Å²) in [7, 11) is -9.93. The van der Waals surface area contributed by atoms with E-state index in [0.717, 1.165) is 89.9 Å². The van der Waals surface area contributed by atoms with Crippen LogP contribution in [0.1, 0.15) is 490 Å². The number of phosphoric acid groups is 2. The van der Waals surface area contributed by atoms with Crippen LogP contribution in [0.15, 0.2) is 0 Å². The second-order valence-electron chi connectivity index (χ2n) is 32.0. The van der Waals surface area contributed by atoms with Gasteiger partial charge in [-0.3, -0.25) is 37.3 Å². The molecule has 0 aromatic heterocycles. The molecule has 0 aliphatic carbocycles. The maximum Gasteiger partial charge on any atom is 0.472 e. The van der Waals surface area contributed by atoms with Gasteiger partial charge < -0.3 is 33.8 Å². The number of carbonyl (C=O) groups is 4. The Morgan fingerprint density at radius 1 is 0.222 bits per heavy atom. The van der Waals surface area contributed by atoms with Crippen LogP contribution in [0.25, 0.3) is 0 Å². The lowest BCUT2D eigenvalue weighted by molar-refractivity contribution is -0.161. The number of aliphatic hydroxyl groups is 1. The third-order valence-corrected chi connectivity index (χ3v) is 23.0. The first-order valence-corrected chi connectivity index (χ1v) is 49.3. The fourth-order valence-corrected chi connectivity index (χ4v) is 15.6. The van der Waals surface area contributed by atoms with Gasteiger partial charge in [-0.05, 0) is 25.7 Å². The van der Waals surface area contributed by atoms with Crippen molar-refractivity contribution in [2.45, 2.75) is 508 Å². The molecule has 0 bridgehead atoms. The van der Waals surface area contributed by atoms with Gasteiger partial charge in [0.25, 0.3) is 0 Å². The van der Waals surface area contributed by atoms with E-state index >= 15 is 0 Å². The van der Waals surface area contributed by atoms with E-state index in [1.165, 1.54) is 321 Å². The van der Waals surface area contributed by atoms with Crippen molar-refractivity contribution in [1.82, 2.24) is 0 Å². The number of esters is 4. The van der Waals surface area contributed by atoms with Crippen LogP contribution in [-0.2, 0) is 65.4 Å². The maximum absolute atomic E-state index is 13.2. The Bertz CT molecular complexity index is 2030. The third-order valence-electron chi connectivity index (χ3n) is 21.1. The molecule has 19 heteroatoms. The van der Waals surface area contributed by atoms with Crippen molar-refractivity contribution < 1.29 is 80.2 Å². The molecule has 2 unspecified atom stereocenters. The van der Waals surface area contributed by atoms with Crippen LogP contribution in [0.2, 0.25) is 0 Å². The first-order chi connectivity index (χ1) is 52.7. The number of unbranched alkanes of at least 4 members (excludes halogenated alkanes) is 64. The van der Waals surface area contributed by atoms with Gasteiger partial charge in [0.2, 0.25) is 0 Å². The van der Waals surface area contributed by atoms with Crippen molar-refractivity contribution in [2.24, 2.45) is 0 Å². The Kier molecular flexibility index (Phi) is 81.5. The smallest absolute Gasteiger partial charge is 0.462 e. The second kappa shape index (κ2) is 83.0. The van der Waals surface area contributed by atoms with Crippen LogP contribution in [0.4, 0.5) is 0 Å². The van der Waals surface area contributed by atoms with E-state index in [-0.39, 0.29) is 25.7 Å². The predicted molar refractivity (Wildman–Crippen MR) is 446 cm³/mol. The van der Waals surface area contributed by atoms with Gasteiger partial charge in [0.1, 0.15) is 19.3 Å². The average molecular weight is 1580 g/mol. The summed E-state index contributed by atoms with van der Waals surface area (Å²) in [6.45, 7) is 5.08. The minimum atomic E-state index is -4.97. The first-order valence-electron chi connectivity index (χ1n) is 46.3. The molecule has 0 aliphatic rings. The standard InChI is InChI=1S/C89H174O17P2/c1-5-9-13-17-21-25-29-32-35-38-41-42-43-46-49-52-56-60-64-68-72-76-89(94)106-85(80-100-87(92)74-70-66-62-58-54-50-47-44-39-36-33-30-26-22-18-14-10-6-2)82-104-108(97,98)102-78-83(90)77-101-107(95,96)103-81-84(79-99-86(91)73-69-65-61-57-53-28-24-20-16-12-8-4)105-88(93)75-71-67-63-59-55-51-48-45-40-37-34-31-27-23-19-15-11-7-3/h83-85,90H,5-82H2,1-4H3,(H,95,96)(H,97,98)/t83-,84+,85+/m0/s1. The molecule has 0 aromatic rings. The molecular weight excluding hydrogens is 1400 g/mol. The third kappa shape index (κ3) is 82.1. The topological polar surface area (TPSA) is 237 Å². The molecule has 17 nitrogen and oxygen atoms in total. The monoisotopic (exact) mass is 1580 g/mol. The van der Waals surface area contributed by atoms with Crippen LogP contribution in [-0.4, -0.2) is 96.7 Å². The molecular formula is C89H174O17P2. The summed E-state index contributed by atoms with van der Waals surface area (Å²) in [5.41, 5.74) is 0. The largest absolute Gasteiger partial charge is 0.472 e. The zero-order chi connectivity index (χ0) is 78.9. The summed E-state index contributed by atoms with van der Waals surface area (Å²) in [6, 6.07) is 0. The molecule has 642 valence electrons. The van der Waals surface area contributed by atoms with Crippen LogP contribution in [0.3, 0.4) is 0 Å². The molecule has 3 N–H and O–H groups in total. The summed E-state index contributed by atoms with van der Waals surface area (Å²) in [5.74, 6) is -2.09. The number of rotatable bonds is 90. The van der Waals surface area contributed by atoms with Crippen LogP contribution in [0, 0.1) is 0 Å². The summed E-state index contributed by atoms with van der Waals surface area (Å²) in [6.07, 6.45) is 79.2. The minimum Gasteiger partial charge on any atom is -0.462 e. The van der Waals surface area contributed by atoms with Gasteiger partial charge in [0.05, 0.1) is 26.4 Å². The fourth-order valence-electron chi connectivity index (χ4n) is 14.1. The Labute approximate surface area is 664 Å². The molecule has 0 aromatic carbocycles. The average Bonchev–Trinajstić information content (AvgIpc) is 0.919. The highest BCUT2D eigenvalue weighted by Gasteiger charge is 2.30. The van der Waals surface area contributed by atoms with Crippen molar-refractivity contribution in [3.05, 3.63) is 0 Å². The summed E-state index contributed by atoms with van der Waals surface area (Å²) >= 11 is 0. The lowest BCUT2D eigenvalue weighted by Gasteiger charge is -2.21. The Hall–Kier alpha value is -1.94. The minimum absolute atomic E-state index is 0.110. The van der Waals surface area contributed by atoms with Crippen LogP contribution < -0.4 is 0 Å². The van der Waals surface area contributed by atoms with E-state index in [2.05, 4.69) is 27.7 Å². The number of hydrogen-bond donors (Lipinski definition) is 3. The lowest BCUT2D eigenvalue weighted by atomic mass is 10.0. The normalized spacial score (nSPS) is 13.7. The van der Waals surface area contributed by atoms with Crippen molar-refractivity contribution >= 4 is 39.5 Å². The zero-order valence-electron chi connectivity index (χ0n) is 70.8.